The van der Waals surface area contributed by atoms with E-state index < -0.39 is 5.82 Å². The van der Waals surface area contributed by atoms with Gasteiger partial charge in [-0.05, 0) is 41.5 Å². The molecule has 0 aliphatic rings. The van der Waals surface area contributed by atoms with E-state index in [0.717, 1.165) is 5.56 Å². The highest BCUT2D eigenvalue weighted by Gasteiger charge is 2.04. The largest absolute Gasteiger partial charge is 0.486 e. The Balaban J connectivity index is 2.05. The van der Waals surface area contributed by atoms with Gasteiger partial charge in [-0.3, -0.25) is 0 Å². The van der Waals surface area contributed by atoms with Crippen LogP contribution in [0.5, 0.6) is 5.75 Å². The summed E-state index contributed by atoms with van der Waals surface area (Å²) in [5, 5.41) is 3.31. The summed E-state index contributed by atoms with van der Waals surface area (Å²) in [6, 6.07) is 10.2. The minimum Gasteiger partial charge on any atom is -0.486 e. The first-order chi connectivity index (χ1) is 9.19. The second-order valence-electron chi connectivity index (χ2n) is 3.88. The topological polar surface area (TPSA) is 47.6 Å². The van der Waals surface area contributed by atoms with Crippen LogP contribution in [0, 0.1) is 11.6 Å². The highest BCUT2D eigenvalue weighted by atomic mass is 19.1. The van der Waals surface area contributed by atoms with Gasteiger partial charge in [-0.15, -0.1) is 0 Å². The molecule has 0 saturated carbocycles. The van der Waals surface area contributed by atoms with Crippen LogP contribution in [0.4, 0.5) is 8.78 Å². The average molecular weight is 262 g/mol. The molecule has 2 aromatic carbocycles. The Morgan fingerprint density at radius 2 is 1.84 bits per heavy atom. The first-order valence-corrected chi connectivity index (χ1v) is 5.59. The molecule has 0 amide bonds. The fraction of sp³-hybridized carbons (Fsp3) is 0.0714. The lowest BCUT2D eigenvalue weighted by Crippen LogP contribution is -1.98. The molecule has 2 rings (SSSR count). The summed E-state index contributed by atoms with van der Waals surface area (Å²) in [5.74, 6) is 4.28. The molecular weight excluding hydrogens is 250 g/mol. The molecule has 0 spiro atoms. The summed E-state index contributed by atoms with van der Waals surface area (Å²) in [4.78, 5) is 0. The van der Waals surface area contributed by atoms with Gasteiger partial charge in [0.15, 0.2) is 11.6 Å². The molecule has 98 valence electrons. The van der Waals surface area contributed by atoms with Crippen molar-refractivity contribution >= 4 is 6.21 Å². The molecule has 0 saturated heterocycles. The molecule has 5 heteroatoms. The zero-order valence-corrected chi connectivity index (χ0v) is 10.0. The van der Waals surface area contributed by atoms with Crippen LogP contribution in [-0.2, 0) is 6.61 Å². The Morgan fingerprint density at radius 1 is 1.11 bits per heavy atom. The van der Waals surface area contributed by atoms with Crippen LogP contribution in [0.3, 0.4) is 0 Å². The minimum atomic E-state index is -0.500. The van der Waals surface area contributed by atoms with Crippen LogP contribution in [0.25, 0.3) is 0 Å². The highest BCUT2D eigenvalue weighted by Crippen LogP contribution is 2.19. The van der Waals surface area contributed by atoms with E-state index in [9.17, 15) is 8.78 Å². The van der Waals surface area contributed by atoms with Crippen LogP contribution in [-0.4, -0.2) is 6.21 Å². The van der Waals surface area contributed by atoms with Gasteiger partial charge in [-0.25, -0.2) is 8.78 Å². The number of ether oxygens (including phenoxy) is 1. The number of nitrogens with zero attached hydrogens (tertiary/aromatic N) is 1. The van der Waals surface area contributed by atoms with Crippen LogP contribution < -0.4 is 10.6 Å². The number of nitrogens with two attached hydrogens (primary N) is 1. The number of halogens is 2. The van der Waals surface area contributed by atoms with Crippen molar-refractivity contribution in [2.45, 2.75) is 6.61 Å². The van der Waals surface area contributed by atoms with Gasteiger partial charge in [-0.2, -0.15) is 5.10 Å². The van der Waals surface area contributed by atoms with Gasteiger partial charge in [0, 0.05) is 0 Å². The maximum Gasteiger partial charge on any atom is 0.165 e. The van der Waals surface area contributed by atoms with E-state index in [-0.39, 0.29) is 18.2 Å². The number of rotatable bonds is 4. The molecule has 0 aliphatic heterocycles. The SMILES string of the molecule is NN=Cc1ccc(OCc2ccc(F)cc2)c(F)c1. The van der Waals surface area contributed by atoms with E-state index >= 15 is 0 Å². The molecule has 0 atom stereocenters. The molecule has 3 nitrogen and oxygen atoms in total. The van der Waals surface area contributed by atoms with Gasteiger partial charge in [0.2, 0.25) is 0 Å². The monoisotopic (exact) mass is 262 g/mol. The predicted octanol–water partition coefficient (Wildman–Crippen LogP) is 2.84. The fourth-order valence-corrected chi connectivity index (χ4v) is 1.54. The van der Waals surface area contributed by atoms with Gasteiger partial charge in [0.05, 0.1) is 6.21 Å². The lowest BCUT2D eigenvalue weighted by atomic mass is 10.2. The van der Waals surface area contributed by atoms with Crippen LogP contribution in [0.2, 0.25) is 0 Å². The van der Waals surface area contributed by atoms with Crippen molar-refractivity contribution in [2.24, 2.45) is 10.9 Å². The Bertz CT molecular complexity index is 582. The lowest BCUT2D eigenvalue weighted by Gasteiger charge is -2.07. The molecule has 2 aromatic rings. The molecule has 0 aliphatic carbocycles. The van der Waals surface area contributed by atoms with E-state index in [1.165, 1.54) is 30.5 Å². The van der Waals surface area contributed by atoms with Crippen molar-refractivity contribution in [1.29, 1.82) is 0 Å². The maximum atomic E-state index is 13.7. The standard InChI is InChI=1S/C14H12F2N2O/c15-12-4-1-10(2-5-12)9-19-14-6-3-11(8-18-17)7-13(14)16/h1-8H,9,17H2. The van der Waals surface area contributed by atoms with E-state index in [1.54, 1.807) is 18.2 Å². The zero-order chi connectivity index (χ0) is 13.7. The van der Waals surface area contributed by atoms with Crippen molar-refractivity contribution in [1.82, 2.24) is 0 Å². The lowest BCUT2D eigenvalue weighted by molar-refractivity contribution is 0.290. The predicted molar refractivity (Wildman–Crippen MR) is 68.9 cm³/mol. The summed E-state index contributed by atoms with van der Waals surface area (Å²) in [6.07, 6.45) is 1.34. The van der Waals surface area contributed by atoms with Crippen LogP contribution >= 0.6 is 0 Å². The van der Waals surface area contributed by atoms with Gasteiger partial charge >= 0.3 is 0 Å². The molecule has 0 heterocycles. The molecule has 2 N–H and O–H groups in total. The van der Waals surface area contributed by atoms with Crippen molar-refractivity contribution in [3.05, 3.63) is 65.2 Å². The van der Waals surface area contributed by atoms with Gasteiger partial charge < -0.3 is 10.6 Å². The number of hydrogen-bond acceptors (Lipinski definition) is 3. The summed E-state index contributed by atoms with van der Waals surface area (Å²) in [7, 11) is 0. The van der Waals surface area contributed by atoms with Crippen molar-refractivity contribution in [3.8, 4) is 5.75 Å². The second kappa shape index (κ2) is 5.95. The molecule has 0 bridgehead atoms. The molecule has 0 radical (unpaired) electrons. The number of hydrogen-bond donors (Lipinski definition) is 1. The van der Waals surface area contributed by atoms with Crippen LogP contribution in [0.1, 0.15) is 11.1 Å². The molecule has 0 unspecified atom stereocenters. The third-order valence-corrected chi connectivity index (χ3v) is 2.49. The smallest absolute Gasteiger partial charge is 0.165 e. The van der Waals surface area contributed by atoms with E-state index in [0.29, 0.717) is 5.56 Å². The van der Waals surface area contributed by atoms with E-state index in [4.69, 9.17) is 10.6 Å². The van der Waals surface area contributed by atoms with Crippen LogP contribution in [0.15, 0.2) is 47.6 Å². The average Bonchev–Trinajstić information content (AvgIpc) is 2.40. The maximum absolute atomic E-state index is 13.7. The quantitative estimate of drug-likeness (QED) is 0.523. The summed E-state index contributed by atoms with van der Waals surface area (Å²) < 4.78 is 31.7. The Hall–Kier alpha value is -2.43. The summed E-state index contributed by atoms with van der Waals surface area (Å²) in [6.45, 7) is 0.168. The Morgan fingerprint density at radius 3 is 2.47 bits per heavy atom. The third-order valence-electron chi connectivity index (χ3n) is 2.49. The summed E-state index contributed by atoms with van der Waals surface area (Å²) >= 11 is 0. The second-order valence-corrected chi connectivity index (χ2v) is 3.88. The van der Waals surface area contributed by atoms with Crippen molar-refractivity contribution in [3.63, 3.8) is 0 Å². The molecular formula is C14H12F2N2O. The fourth-order valence-electron chi connectivity index (χ4n) is 1.54. The minimum absolute atomic E-state index is 0.124. The normalized spacial score (nSPS) is 10.8. The van der Waals surface area contributed by atoms with Gasteiger partial charge in [0.25, 0.3) is 0 Å². The third kappa shape index (κ3) is 3.51. The Labute approximate surface area is 109 Å². The molecule has 0 aromatic heterocycles. The van der Waals surface area contributed by atoms with E-state index in [1.807, 2.05) is 0 Å². The molecule has 19 heavy (non-hydrogen) atoms. The highest BCUT2D eigenvalue weighted by molar-refractivity contribution is 5.79. The first kappa shape index (κ1) is 13.0. The van der Waals surface area contributed by atoms with Crippen molar-refractivity contribution < 1.29 is 13.5 Å². The van der Waals surface area contributed by atoms with Gasteiger partial charge in [-0.1, -0.05) is 12.1 Å². The van der Waals surface area contributed by atoms with E-state index in [2.05, 4.69) is 5.10 Å². The first-order valence-electron chi connectivity index (χ1n) is 5.59. The van der Waals surface area contributed by atoms with Gasteiger partial charge in [0.1, 0.15) is 12.4 Å². The number of benzene rings is 2. The Kier molecular flexibility index (Phi) is 4.07. The van der Waals surface area contributed by atoms with Crippen molar-refractivity contribution in [2.75, 3.05) is 0 Å². The number of hydrazone groups is 1. The summed E-state index contributed by atoms with van der Waals surface area (Å²) in [5.41, 5.74) is 1.31. The molecule has 0 fully saturated rings. The zero-order valence-electron chi connectivity index (χ0n) is 10.0.